The molecule has 1 atom stereocenters. The van der Waals surface area contributed by atoms with Crippen LogP contribution in [0.5, 0.6) is 0 Å². The van der Waals surface area contributed by atoms with E-state index in [4.69, 9.17) is 0 Å². The normalized spacial score (nSPS) is 13.3. The summed E-state index contributed by atoms with van der Waals surface area (Å²) in [5, 5.41) is 9.56. The van der Waals surface area contributed by atoms with Gasteiger partial charge in [-0.05, 0) is 26.7 Å². The van der Waals surface area contributed by atoms with Crippen molar-refractivity contribution in [2.24, 2.45) is 0 Å². The molecule has 18 heavy (non-hydrogen) atoms. The van der Waals surface area contributed by atoms with E-state index in [1.807, 2.05) is 0 Å². The van der Waals surface area contributed by atoms with Crippen molar-refractivity contribution < 1.29 is 14.7 Å². The number of aldehydes is 1. The summed E-state index contributed by atoms with van der Waals surface area (Å²) in [6.45, 7) is 2.77. The first-order chi connectivity index (χ1) is 8.50. The van der Waals surface area contributed by atoms with Crippen molar-refractivity contribution in [2.45, 2.75) is 70.8 Å². The summed E-state index contributed by atoms with van der Waals surface area (Å²) in [5.74, 6) is 5.13. The van der Waals surface area contributed by atoms with E-state index < -0.39 is 5.60 Å². The second kappa shape index (κ2) is 9.85. The van der Waals surface area contributed by atoms with Gasteiger partial charge in [0.05, 0.1) is 0 Å². The second-order valence-corrected chi connectivity index (χ2v) is 4.76. The van der Waals surface area contributed by atoms with Crippen LogP contribution in [0.1, 0.15) is 65.2 Å². The number of carbonyl (C=O) groups is 2. The second-order valence-electron chi connectivity index (χ2n) is 4.76. The lowest BCUT2D eigenvalue weighted by Crippen LogP contribution is -2.30. The SMILES string of the molecule is CC(=O)C(C)(O)C#CCCCCCCCCC=O. The molecule has 0 spiro atoms. The largest absolute Gasteiger partial charge is 0.371 e. The van der Waals surface area contributed by atoms with Crippen LogP contribution in [0.3, 0.4) is 0 Å². The van der Waals surface area contributed by atoms with Gasteiger partial charge in [0.2, 0.25) is 0 Å². The van der Waals surface area contributed by atoms with Crippen molar-refractivity contribution in [2.75, 3.05) is 0 Å². The van der Waals surface area contributed by atoms with Gasteiger partial charge in [-0.3, -0.25) is 4.79 Å². The lowest BCUT2D eigenvalue weighted by molar-refractivity contribution is -0.128. The molecule has 0 heterocycles. The molecule has 3 nitrogen and oxygen atoms in total. The zero-order chi connectivity index (χ0) is 13.9. The summed E-state index contributed by atoms with van der Waals surface area (Å²) in [5.41, 5.74) is -1.49. The number of hydrogen-bond acceptors (Lipinski definition) is 3. The molecular weight excluding hydrogens is 228 g/mol. The van der Waals surface area contributed by atoms with Gasteiger partial charge in [-0.25, -0.2) is 0 Å². The standard InChI is InChI=1S/C15H24O3/c1-14(17)15(2,18)12-10-8-6-4-3-5-7-9-11-13-16/h13,18H,3-9,11H2,1-2H3. The fourth-order valence-corrected chi connectivity index (χ4v) is 1.47. The molecule has 0 aromatic rings. The zero-order valence-electron chi connectivity index (χ0n) is 11.5. The summed E-state index contributed by atoms with van der Waals surface area (Å²) < 4.78 is 0. The molecule has 0 aromatic carbocycles. The van der Waals surface area contributed by atoms with Crippen LogP contribution < -0.4 is 0 Å². The molecule has 0 amide bonds. The molecule has 102 valence electrons. The highest BCUT2D eigenvalue weighted by Crippen LogP contribution is 2.08. The third-order valence-electron chi connectivity index (χ3n) is 2.89. The minimum atomic E-state index is -1.49. The van der Waals surface area contributed by atoms with Crippen molar-refractivity contribution in [1.29, 1.82) is 0 Å². The molecule has 0 bridgehead atoms. The fraction of sp³-hybridized carbons (Fsp3) is 0.733. The van der Waals surface area contributed by atoms with E-state index in [1.165, 1.54) is 13.8 Å². The highest BCUT2D eigenvalue weighted by atomic mass is 16.3. The summed E-state index contributed by atoms with van der Waals surface area (Å²) in [7, 11) is 0. The number of rotatable bonds is 9. The number of ketones is 1. The van der Waals surface area contributed by atoms with E-state index in [-0.39, 0.29) is 5.78 Å². The van der Waals surface area contributed by atoms with E-state index in [2.05, 4.69) is 11.8 Å². The maximum absolute atomic E-state index is 11.0. The minimum Gasteiger partial charge on any atom is -0.371 e. The first kappa shape index (κ1) is 16.9. The van der Waals surface area contributed by atoms with Crippen LogP contribution in [0.25, 0.3) is 0 Å². The average molecular weight is 252 g/mol. The molecule has 0 saturated carbocycles. The molecule has 0 rings (SSSR count). The Morgan fingerprint density at radius 1 is 1.17 bits per heavy atom. The molecule has 1 N–H and O–H groups in total. The summed E-state index contributed by atoms with van der Waals surface area (Å²) in [6, 6.07) is 0. The van der Waals surface area contributed by atoms with Crippen molar-refractivity contribution >= 4 is 12.1 Å². The highest BCUT2D eigenvalue weighted by molar-refractivity contribution is 5.87. The Labute approximate surface area is 110 Å². The molecule has 3 heteroatoms. The Kier molecular flexibility index (Phi) is 9.22. The Hall–Kier alpha value is -1.14. The number of carbonyl (C=O) groups excluding carboxylic acids is 2. The summed E-state index contributed by atoms with van der Waals surface area (Å²) in [6.07, 6.45) is 8.89. The van der Waals surface area contributed by atoms with Gasteiger partial charge in [0.1, 0.15) is 6.29 Å². The molecule has 0 aliphatic heterocycles. The predicted octanol–water partition coefficient (Wildman–Crippen LogP) is 2.65. The van der Waals surface area contributed by atoms with E-state index in [0.29, 0.717) is 6.42 Å². The Bertz CT molecular complexity index is 307. The Morgan fingerprint density at radius 2 is 1.72 bits per heavy atom. The molecular formula is C15H24O3. The van der Waals surface area contributed by atoms with Crippen LogP contribution in [0.2, 0.25) is 0 Å². The zero-order valence-corrected chi connectivity index (χ0v) is 11.5. The number of unbranched alkanes of at least 4 members (excludes halogenated alkanes) is 7. The monoisotopic (exact) mass is 252 g/mol. The van der Waals surface area contributed by atoms with Gasteiger partial charge >= 0.3 is 0 Å². The van der Waals surface area contributed by atoms with E-state index in [9.17, 15) is 14.7 Å². The molecule has 0 radical (unpaired) electrons. The molecule has 0 fully saturated rings. The van der Waals surface area contributed by atoms with Crippen LogP contribution >= 0.6 is 0 Å². The third kappa shape index (κ3) is 8.95. The molecule has 0 aliphatic rings. The predicted molar refractivity (Wildman–Crippen MR) is 72.1 cm³/mol. The summed E-state index contributed by atoms with van der Waals surface area (Å²) in [4.78, 5) is 21.1. The van der Waals surface area contributed by atoms with Crippen LogP contribution in [-0.4, -0.2) is 22.8 Å². The van der Waals surface area contributed by atoms with Gasteiger partial charge in [0, 0.05) is 12.8 Å². The van der Waals surface area contributed by atoms with Gasteiger partial charge in [-0.15, -0.1) is 0 Å². The molecule has 0 aromatic heterocycles. The molecule has 1 unspecified atom stereocenters. The Balaban J connectivity index is 3.49. The maximum atomic E-state index is 11.0. The molecule has 0 aliphatic carbocycles. The van der Waals surface area contributed by atoms with E-state index >= 15 is 0 Å². The van der Waals surface area contributed by atoms with Gasteiger partial charge in [-0.1, -0.05) is 37.5 Å². The van der Waals surface area contributed by atoms with Crippen molar-refractivity contribution in [3.05, 3.63) is 0 Å². The average Bonchev–Trinajstić information content (AvgIpc) is 2.31. The van der Waals surface area contributed by atoms with Crippen LogP contribution in [0.15, 0.2) is 0 Å². The Morgan fingerprint density at radius 3 is 2.28 bits per heavy atom. The highest BCUT2D eigenvalue weighted by Gasteiger charge is 2.22. The first-order valence-corrected chi connectivity index (χ1v) is 6.68. The number of hydrogen-bond donors (Lipinski definition) is 1. The van der Waals surface area contributed by atoms with E-state index in [0.717, 1.165) is 51.2 Å². The minimum absolute atomic E-state index is 0.315. The maximum Gasteiger partial charge on any atom is 0.180 e. The first-order valence-electron chi connectivity index (χ1n) is 6.68. The van der Waals surface area contributed by atoms with Crippen LogP contribution in [0, 0.1) is 11.8 Å². The fourth-order valence-electron chi connectivity index (χ4n) is 1.47. The number of aliphatic hydroxyl groups is 1. The van der Waals surface area contributed by atoms with Crippen molar-refractivity contribution in [3.63, 3.8) is 0 Å². The van der Waals surface area contributed by atoms with Crippen molar-refractivity contribution in [1.82, 2.24) is 0 Å². The third-order valence-corrected chi connectivity index (χ3v) is 2.89. The number of Topliss-reactive ketones (excluding diaryl/α,β-unsaturated/α-hetero) is 1. The topological polar surface area (TPSA) is 54.4 Å². The van der Waals surface area contributed by atoms with Crippen LogP contribution in [-0.2, 0) is 9.59 Å². The lowest BCUT2D eigenvalue weighted by atomic mass is 10.0. The molecule has 0 saturated heterocycles. The van der Waals surface area contributed by atoms with Gasteiger partial charge in [0.25, 0.3) is 0 Å². The smallest absolute Gasteiger partial charge is 0.180 e. The van der Waals surface area contributed by atoms with Crippen molar-refractivity contribution in [3.8, 4) is 11.8 Å². The quantitative estimate of drug-likeness (QED) is 0.390. The van der Waals surface area contributed by atoms with Gasteiger partial charge in [0.15, 0.2) is 11.4 Å². The van der Waals surface area contributed by atoms with Gasteiger partial charge < -0.3 is 9.90 Å². The lowest BCUT2D eigenvalue weighted by Gasteiger charge is -2.10. The van der Waals surface area contributed by atoms with Gasteiger partial charge in [-0.2, -0.15) is 0 Å². The summed E-state index contributed by atoms with van der Waals surface area (Å²) >= 11 is 0. The van der Waals surface area contributed by atoms with E-state index in [1.54, 1.807) is 0 Å². The van der Waals surface area contributed by atoms with Crippen LogP contribution in [0.4, 0.5) is 0 Å².